The van der Waals surface area contributed by atoms with Crippen LogP contribution in [0.25, 0.3) is 0 Å². The van der Waals surface area contributed by atoms with Crippen LogP contribution in [0.15, 0.2) is 77.7 Å². The van der Waals surface area contributed by atoms with Gasteiger partial charge in [0.1, 0.15) is 6.54 Å². The molecule has 3 rings (SSSR count). The molecule has 0 aromatic heterocycles. The Morgan fingerprint density at radius 1 is 0.933 bits per heavy atom. The van der Waals surface area contributed by atoms with Gasteiger partial charge in [0, 0.05) is 16.6 Å². The Hall–Kier alpha value is -2.54. The van der Waals surface area contributed by atoms with Crippen molar-refractivity contribution in [1.82, 2.24) is 5.32 Å². The molecule has 0 aliphatic carbocycles. The highest BCUT2D eigenvalue weighted by molar-refractivity contribution is 7.92. The van der Waals surface area contributed by atoms with Gasteiger partial charge in [-0.05, 0) is 55.0 Å². The molecule has 3 aromatic rings. The van der Waals surface area contributed by atoms with Gasteiger partial charge in [-0.2, -0.15) is 0 Å². The summed E-state index contributed by atoms with van der Waals surface area (Å²) in [4.78, 5) is 12.7. The summed E-state index contributed by atoms with van der Waals surface area (Å²) in [6.45, 7) is 1.68. The van der Waals surface area contributed by atoms with Crippen molar-refractivity contribution in [2.24, 2.45) is 0 Å². The van der Waals surface area contributed by atoms with Crippen molar-refractivity contribution in [3.63, 3.8) is 0 Å². The molecular formula is C22H20Cl2N2O3S. The normalized spacial score (nSPS) is 11.2. The van der Waals surface area contributed by atoms with Crippen LogP contribution in [0.3, 0.4) is 0 Å². The number of halogens is 2. The maximum absolute atomic E-state index is 13.3. The zero-order valence-corrected chi connectivity index (χ0v) is 18.5. The highest BCUT2D eigenvalue weighted by Crippen LogP contribution is 2.25. The van der Waals surface area contributed by atoms with Gasteiger partial charge in [0.15, 0.2) is 0 Å². The van der Waals surface area contributed by atoms with Crippen LogP contribution in [0.2, 0.25) is 10.0 Å². The first kappa shape index (κ1) is 22.2. The number of sulfonamides is 1. The molecule has 0 fully saturated rings. The first-order valence-electron chi connectivity index (χ1n) is 9.12. The molecule has 0 bridgehead atoms. The summed E-state index contributed by atoms with van der Waals surface area (Å²) in [6.07, 6.45) is 0. The molecule has 0 spiro atoms. The average molecular weight is 463 g/mol. The van der Waals surface area contributed by atoms with E-state index in [9.17, 15) is 13.2 Å². The summed E-state index contributed by atoms with van der Waals surface area (Å²) < 4.78 is 27.6. The zero-order chi connectivity index (χ0) is 21.7. The van der Waals surface area contributed by atoms with Gasteiger partial charge < -0.3 is 5.32 Å². The quantitative estimate of drug-likeness (QED) is 0.547. The SMILES string of the molecule is Cc1ccc(S(=O)(=O)N(CC(=O)NCc2ccccc2Cl)c2ccc(Cl)cc2)cc1. The van der Waals surface area contributed by atoms with Crippen LogP contribution >= 0.6 is 23.2 Å². The summed E-state index contributed by atoms with van der Waals surface area (Å²) in [5.74, 6) is -0.458. The standard InChI is InChI=1S/C22H20Cl2N2O3S/c1-16-6-12-20(13-7-16)30(28,29)26(19-10-8-18(23)9-11-19)15-22(27)25-14-17-4-2-3-5-21(17)24/h2-13H,14-15H2,1H3,(H,25,27). The van der Waals surface area contributed by atoms with Gasteiger partial charge in [-0.1, -0.05) is 59.1 Å². The van der Waals surface area contributed by atoms with Crippen LogP contribution in [0, 0.1) is 6.92 Å². The number of carbonyl (C=O) groups is 1. The van der Waals surface area contributed by atoms with Gasteiger partial charge in [0.25, 0.3) is 10.0 Å². The van der Waals surface area contributed by atoms with E-state index in [2.05, 4.69) is 5.32 Å². The molecule has 0 aliphatic heterocycles. The second kappa shape index (κ2) is 9.51. The molecule has 0 heterocycles. The molecule has 1 N–H and O–H groups in total. The summed E-state index contributed by atoms with van der Waals surface area (Å²) in [7, 11) is -3.97. The van der Waals surface area contributed by atoms with Crippen molar-refractivity contribution >= 4 is 44.8 Å². The number of amides is 1. The molecule has 0 saturated heterocycles. The van der Waals surface area contributed by atoms with Gasteiger partial charge >= 0.3 is 0 Å². The molecule has 0 aliphatic rings. The van der Waals surface area contributed by atoms with Crippen molar-refractivity contribution in [2.75, 3.05) is 10.8 Å². The molecular weight excluding hydrogens is 443 g/mol. The van der Waals surface area contributed by atoms with Gasteiger partial charge in [0.05, 0.1) is 10.6 Å². The lowest BCUT2D eigenvalue weighted by Gasteiger charge is -2.24. The van der Waals surface area contributed by atoms with Crippen molar-refractivity contribution in [1.29, 1.82) is 0 Å². The lowest BCUT2D eigenvalue weighted by atomic mass is 10.2. The molecule has 3 aromatic carbocycles. The first-order valence-corrected chi connectivity index (χ1v) is 11.3. The molecule has 156 valence electrons. The number of rotatable bonds is 7. The third kappa shape index (κ3) is 5.33. The minimum absolute atomic E-state index is 0.0990. The van der Waals surface area contributed by atoms with Gasteiger partial charge in [-0.3, -0.25) is 9.10 Å². The molecule has 0 saturated carbocycles. The van der Waals surface area contributed by atoms with Gasteiger partial charge in [-0.25, -0.2) is 8.42 Å². The maximum atomic E-state index is 13.3. The van der Waals surface area contributed by atoms with Crippen LogP contribution in [0.1, 0.15) is 11.1 Å². The van der Waals surface area contributed by atoms with E-state index < -0.39 is 15.9 Å². The first-order chi connectivity index (χ1) is 14.3. The smallest absolute Gasteiger partial charge is 0.264 e. The Bertz CT molecular complexity index is 1130. The Kier molecular flexibility index (Phi) is 7.02. The van der Waals surface area contributed by atoms with Crippen molar-refractivity contribution in [2.45, 2.75) is 18.4 Å². The molecule has 30 heavy (non-hydrogen) atoms. The number of carbonyl (C=O) groups excluding carboxylic acids is 1. The fraction of sp³-hybridized carbons (Fsp3) is 0.136. The lowest BCUT2D eigenvalue weighted by Crippen LogP contribution is -2.40. The molecule has 5 nitrogen and oxygen atoms in total. The van der Waals surface area contributed by atoms with Crippen LogP contribution in [0.4, 0.5) is 5.69 Å². The van der Waals surface area contributed by atoms with Crippen molar-refractivity contribution in [3.8, 4) is 0 Å². The Balaban J connectivity index is 1.86. The molecule has 8 heteroatoms. The number of anilines is 1. The van der Waals surface area contributed by atoms with E-state index in [-0.39, 0.29) is 18.0 Å². The maximum Gasteiger partial charge on any atom is 0.264 e. The Labute approximate surface area is 186 Å². The van der Waals surface area contributed by atoms with E-state index in [0.717, 1.165) is 15.4 Å². The van der Waals surface area contributed by atoms with Crippen LogP contribution < -0.4 is 9.62 Å². The fourth-order valence-electron chi connectivity index (χ4n) is 2.78. The third-order valence-corrected chi connectivity index (χ3v) is 6.85. The van der Waals surface area contributed by atoms with Crippen LogP contribution in [0.5, 0.6) is 0 Å². The number of aryl methyl sites for hydroxylation is 1. The highest BCUT2D eigenvalue weighted by Gasteiger charge is 2.27. The topological polar surface area (TPSA) is 66.5 Å². The van der Waals surface area contributed by atoms with Crippen LogP contribution in [-0.4, -0.2) is 20.9 Å². The number of hydrogen-bond acceptors (Lipinski definition) is 3. The van der Waals surface area contributed by atoms with E-state index in [4.69, 9.17) is 23.2 Å². The monoisotopic (exact) mass is 462 g/mol. The number of nitrogens with zero attached hydrogens (tertiary/aromatic N) is 1. The van der Waals surface area contributed by atoms with E-state index in [1.165, 1.54) is 12.1 Å². The highest BCUT2D eigenvalue weighted by atomic mass is 35.5. The predicted molar refractivity (Wildman–Crippen MR) is 120 cm³/mol. The summed E-state index contributed by atoms with van der Waals surface area (Å²) >= 11 is 12.1. The van der Waals surface area contributed by atoms with E-state index in [0.29, 0.717) is 15.7 Å². The second-order valence-electron chi connectivity index (χ2n) is 6.67. The average Bonchev–Trinajstić information content (AvgIpc) is 2.72. The number of benzene rings is 3. The van der Waals surface area contributed by atoms with Gasteiger partial charge in [-0.15, -0.1) is 0 Å². The van der Waals surface area contributed by atoms with E-state index in [1.807, 2.05) is 13.0 Å². The van der Waals surface area contributed by atoms with Gasteiger partial charge in [0.2, 0.25) is 5.91 Å². The molecule has 0 atom stereocenters. The van der Waals surface area contributed by atoms with Crippen LogP contribution in [-0.2, 0) is 21.4 Å². The minimum atomic E-state index is -3.97. The summed E-state index contributed by atoms with van der Waals surface area (Å²) in [6, 6.07) is 19.9. The second-order valence-corrected chi connectivity index (χ2v) is 9.38. The zero-order valence-electron chi connectivity index (χ0n) is 16.2. The van der Waals surface area contributed by atoms with E-state index >= 15 is 0 Å². The molecule has 1 amide bonds. The van der Waals surface area contributed by atoms with Crippen molar-refractivity contribution in [3.05, 3.63) is 94.0 Å². The minimum Gasteiger partial charge on any atom is -0.350 e. The predicted octanol–water partition coefficient (Wildman–Crippen LogP) is 4.81. The molecule has 0 radical (unpaired) electrons. The lowest BCUT2D eigenvalue weighted by molar-refractivity contribution is -0.119. The summed E-state index contributed by atoms with van der Waals surface area (Å²) in [5.41, 5.74) is 2.02. The number of nitrogens with one attached hydrogen (secondary N) is 1. The largest absolute Gasteiger partial charge is 0.350 e. The third-order valence-electron chi connectivity index (χ3n) is 4.44. The Morgan fingerprint density at radius 3 is 2.20 bits per heavy atom. The fourth-order valence-corrected chi connectivity index (χ4v) is 4.53. The Morgan fingerprint density at radius 2 is 1.57 bits per heavy atom. The van der Waals surface area contributed by atoms with Crippen molar-refractivity contribution < 1.29 is 13.2 Å². The summed E-state index contributed by atoms with van der Waals surface area (Å²) in [5, 5.41) is 3.72. The number of hydrogen-bond donors (Lipinski definition) is 1. The molecule has 0 unspecified atom stereocenters. The van der Waals surface area contributed by atoms with E-state index in [1.54, 1.807) is 54.6 Å².